The minimum atomic E-state index is -0.390. The van der Waals surface area contributed by atoms with Gasteiger partial charge >= 0.3 is 0 Å². The molecule has 0 radical (unpaired) electrons. The first kappa shape index (κ1) is 14.0. The lowest BCUT2D eigenvalue weighted by Crippen LogP contribution is -2.36. The topological polar surface area (TPSA) is 20.2 Å². The number of unbranched alkanes of at least 4 members (excludes halogenated alkanes) is 1. The number of hydrogen-bond acceptors (Lipinski definition) is 1. The van der Waals surface area contributed by atoms with Gasteiger partial charge in [-0.3, -0.25) is 0 Å². The molecular formula is C13H28O. The zero-order valence-electron chi connectivity index (χ0n) is 10.5. The normalized spacial score (nSPS) is 14.4. The van der Waals surface area contributed by atoms with Crippen LogP contribution in [-0.4, -0.2) is 10.7 Å². The summed E-state index contributed by atoms with van der Waals surface area (Å²) in [7, 11) is 0. The van der Waals surface area contributed by atoms with Crippen molar-refractivity contribution >= 4 is 0 Å². The van der Waals surface area contributed by atoms with Crippen LogP contribution in [0.25, 0.3) is 0 Å². The maximum absolute atomic E-state index is 10.5. The molecule has 0 amide bonds. The molecule has 0 heterocycles. The Morgan fingerprint density at radius 2 is 1.50 bits per heavy atom. The van der Waals surface area contributed by atoms with E-state index in [1.54, 1.807) is 0 Å². The van der Waals surface area contributed by atoms with Crippen molar-refractivity contribution < 1.29 is 5.11 Å². The molecule has 0 aromatic carbocycles. The molecule has 1 unspecified atom stereocenters. The summed E-state index contributed by atoms with van der Waals surface area (Å²) in [6, 6.07) is 0. The Labute approximate surface area is 89.9 Å². The van der Waals surface area contributed by atoms with Crippen LogP contribution in [0.3, 0.4) is 0 Å². The van der Waals surface area contributed by atoms with E-state index < -0.39 is 5.60 Å². The molecule has 14 heavy (non-hydrogen) atoms. The second kappa shape index (κ2) is 7.28. The van der Waals surface area contributed by atoms with E-state index in [1.165, 1.54) is 19.3 Å². The average Bonchev–Trinajstić information content (AvgIpc) is 2.15. The second-order valence-electron chi connectivity index (χ2n) is 4.65. The Morgan fingerprint density at radius 3 is 1.86 bits per heavy atom. The Bertz CT molecular complexity index is 125. The summed E-state index contributed by atoms with van der Waals surface area (Å²) in [5.74, 6) is 0.461. The van der Waals surface area contributed by atoms with Crippen molar-refractivity contribution in [2.24, 2.45) is 5.92 Å². The summed E-state index contributed by atoms with van der Waals surface area (Å²) < 4.78 is 0. The zero-order chi connectivity index (χ0) is 11.0. The monoisotopic (exact) mass is 200 g/mol. The van der Waals surface area contributed by atoms with Crippen molar-refractivity contribution in [1.82, 2.24) is 0 Å². The van der Waals surface area contributed by atoms with E-state index in [9.17, 15) is 5.11 Å². The maximum atomic E-state index is 10.5. The molecule has 0 fully saturated rings. The Balaban J connectivity index is 4.15. The molecule has 0 spiro atoms. The lowest BCUT2D eigenvalue weighted by molar-refractivity contribution is -0.0320. The number of aliphatic hydroxyl groups is 1. The largest absolute Gasteiger partial charge is 0.390 e. The van der Waals surface area contributed by atoms with Crippen LogP contribution in [0.2, 0.25) is 0 Å². The van der Waals surface area contributed by atoms with Gasteiger partial charge in [0.15, 0.2) is 0 Å². The van der Waals surface area contributed by atoms with Gasteiger partial charge in [-0.1, -0.05) is 53.4 Å². The minimum absolute atomic E-state index is 0.390. The first-order valence-electron chi connectivity index (χ1n) is 6.33. The van der Waals surface area contributed by atoms with Crippen LogP contribution in [0, 0.1) is 5.92 Å². The van der Waals surface area contributed by atoms with E-state index >= 15 is 0 Å². The summed E-state index contributed by atoms with van der Waals surface area (Å²) in [6.07, 6.45) is 7.76. The molecule has 86 valence electrons. The summed E-state index contributed by atoms with van der Waals surface area (Å²) in [5, 5.41) is 10.5. The second-order valence-corrected chi connectivity index (χ2v) is 4.65. The lowest BCUT2D eigenvalue weighted by Gasteiger charge is -2.34. The minimum Gasteiger partial charge on any atom is -0.390 e. The third kappa shape index (κ3) is 4.45. The number of rotatable bonds is 8. The smallest absolute Gasteiger partial charge is 0.0673 e. The summed E-state index contributed by atoms with van der Waals surface area (Å²) in [4.78, 5) is 0. The van der Waals surface area contributed by atoms with Gasteiger partial charge in [-0.05, 0) is 25.2 Å². The van der Waals surface area contributed by atoms with Crippen LogP contribution in [0.5, 0.6) is 0 Å². The van der Waals surface area contributed by atoms with Gasteiger partial charge in [-0.25, -0.2) is 0 Å². The molecule has 1 heteroatoms. The first-order valence-corrected chi connectivity index (χ1v) is 6.33. The van der Waals surface area contributed by atoms with Gasteiger partial charge in [0, 0.05) is 0 Å². The van der Waals surface area contributed by atoms with E-state index in [4.69, 9.17) is 0 Å². The first-order chi connectivity index (χ1) is 6.60. The van der Waals surface area contributed by atoms with Crippen molar-refractivity contribution in [3.05, 3.63) is 0 Å². The molecule has 0 saturated carbocycles. The predicted octanol–water partition coefficient (Wildman–Crippen LogP) is 4.14. The van der Waals surface area contributed by atoms with Gasteiger partial charge in [0.1, 0.15) is 0 Å². The van der Waals surface area contributed by atoms with Crippen LogP contribution >= 0.6 is 0 Å². The molecule has 0 aliphatic carbocycles. The van der Waals surface area contributed by atoms with Crippen molar-refractivity contribution in [2.45, 2.75) is 78.2 Å². The van der Waals surface area contributed by atoms with Gasteiger partial charge in [-0.2, -0.15) is 0 Å². The van der Waals surface area contributed by atoms with E-state index in [2.05, 4.69) is 27.7 Å². The zero-order valence-corrected chi connectivity index (χ0v) is 10.5. The van der Waals surface area contributed by atoms with Crippen molar-refractivity contribution in [1.29, 1.82) is 0 Å². The molecule has 0 saturated heterocycles. The average molecular weight is 200 g/mol. The molecule has 1 N–H and O–H groups in total. The third-order valence-corrected chi connectivity index (χ3v) is 3.27. The lowest BCUT2D eigenvalue weighted by atomic mass is 9.79. The highest BCUT2D eigenvalue weighted by Crippen LogP contribution is 2.31. The highest BCUT2D eigenvalue weighted by Gasteiger charge is 2.30. The Morgan fingerprint density at radius 1 is 1.00 bits per heavy atom. The highest BCUT2D eigenvalue weighted by molar-refractivity contribution is 4.83. The van der Waals surface area contributed by atoms with Crippen LogP contribution in [0.15, 0.2) is 0 Å². The summed E-state index contributed by atoms with van der Waals surface area (Å²) in [6.45, 7) is 8.74. The third-order valence-electron chi connectivity index (χ3n) is 3.27. The SMILES string of the molecule is CCCCC(C)C(O)(CCC)CCC. The van der Waals surface area contributed by atoms with Gasteiger partial charge in [0.25, 0.3) is 0 Å². The van der Waals surface area contributed by atoms with E-state index in [-0.39, 0.29) is 0 Å². The molecule has 0 aromatic heterocycles. The van der Waals surface area contributed by atoms with Crippen molar-refractivity contribution in [3.63, 3.8) is 0 Å². The van der Waals surface area contributed by atoms with Crippen LogP contribution in [0.4, 0.5) is 0 Å². The Hall–Kier alpha value is -0.0400. The molecule has 1 nitrogen and oxygen atoms in total. The predicted molar refractivity (Wildman–Crippen MR) is 63.5 cm³/mol. The Kier molecular flexibility index (Phi) is 7.26. The van der Waals surface area contributed by atoms with Gasteiger partial charge in [0.2, 0.25) is 0 Å². The highest BCUT2D eigenvalue weighted by atomic mass is 16.3. The van der Waals surface area contributed by atoms with Crippen molar-refractivity contribution in [3.8, 4) is 0 Å². The number of hydrogen-bond donors (Lipinski definition) is 1. The van der Waals surface area contributed by atoms with Crippen LogP contribution in [-0.2, 0) is 0 Å². The fourth-order valence-corrected chi connectivity index (χ4v) is 2.26. The maximum Gasteiger partial charge on any atom is 0.0673 e. The summed E-state index contributed by atoms with van der Waals surface area (Å²) in [5.41, 5.74) is -0.390. The fraction of sp³-hybridized carbons (Fsp3) is 1.00. The van der Waals surface area contributed by atoms with E-state index in [0.29, 0.717) is 5.92 Å². The molecule has 0 aliphatic heterocycles. The fourth-order valence-electron chi connectivity index (χ4n) is 2.26. The molecule has 0 aromatic rings. The van der Waals surface area contributed by atoms with E-state index in [1.807, 2.05) is 0 Å². The van der Waals surface area contributed by atoms with Crippen LogP contribution in [0.1, 0.15) is 72.6 Å². The molecule has 0 bridgehead atoms. The van der Waals surface area contributed by atoms with Gasteiger partial charge in [-0.15, -0.1) is 0 Å². The van der Waals surface area contributed by atoms with Crippen LogP contribution < -0.4 is 0 Å². The summed E-state index contributed by atoms with van der Waals surface area (Å²) >= 11 is 0. The molecule has 0 rings (SSSR count). The van der Waals surface area contributed by atoms with Gasteiger partial charge in [0.05, 0.1) is 5.60 Å². The van der Waals surface area contributed by atoms with E-state index in [0.717, 1.165) is 25.7 Å². The molecular weight excluding hydrogens is 172 g/mol. The van der Waals surface area contributed by atoms with Crippen molar-refractivity contribution in [2.75, 3.05) is 0 Å². The quantitative estimate of drug-likeness (QED) is 0.624. The molecule has 1 atom stereocenters. The van der Waals surface area contributed by atoms with Gasteiger partial charge < -0.3 is 5.11 Å². The molecule has 0 aliphatic rings. The standard InChI is InChI=1S/C13H28O/c1-5-8-9-12(4)13(14,10-6-2)11-7-3/h12,14H,5-11H2,1-4H3.